The molecule has 1 saturated heterocycles. The van der Waals surface area contributed by atoms with Gasteiger partial charge in [-0.25, -0.2) is 4.98 Å². The van der Waals surface area contributed by atoms with Crippen LogP contribution in [0.3, 0.4) is 0 Å². The van der Waals surface area contributed by atoms with Crippen LogP contribution in [0.15, 0.2) is 41.0 Å². The summed E-state index contributed by atoms with van der Waals surface area (Å²) in [5.74, 6) is 0.472. The molecule has 1 aromatic carbocycles. The van der Waals surface area contributed by atoms with Gasteiger partial charge >= 0.3 is 6.18 Å². The second-order valence-corrected chi connectivity index (χ2v) is 7.41. The number of hydrogen-bond acceptors (Lipinski definition) is 3. The van der Waals surface area contributed by atoms with Crippen LogP contribution in [0, 0.1) is 6.92 Å². The number of aromatic nitrogens is 1. The van der Waals surface area contributed by atoms with E-state index in [2.05, 4.69) is 20.9 Å². The standard InChI is InChI=1S/C19H19BrF3N3O/c1-13-11-15(20)4-5-16(13)18(27)26-8-2-7-25(9-10-26)17-6-3-14(12-24-17)19(21,22)23/h3-6,11-12H,2,7-10H2,1H3. The van der Waals surface area contributed by atoms with Crippen molar-refractivity contribution in [3.63, 3.8) is 0 Å². The van der Waals surface area contributed by atoms with Crippen LogP contribution in [0.25, 0.3) is 0 Å². The van der Waals surface area contributed by atoms with Gasteiger partial charge in [-0.1, -0.05) is 15.9 Å². The normalized spacial score (nSPS) is 15.6. The van der Waals surface area contributed by atoms with Crippen molar-refractivity contribution in [1.82, 2.24) is 9.88 Å². The average molecular weight is 442 g/mol. The van der Waals surface area contributed by atoms with E-state index in [1.807, 2.05) is 30.0 Å². The SMILES string of the molecule is Cc1cc(Br)ccc1C(=O)N1CCCN(c2ccc(C(F)(F)F)cn2)CC1. The molecule has 3 rings (SSSR count). The summed E-state index contributed by atoms with van der Waals surface area (Å²) in [7, 11) is 0. The summed E-state index contributed by atoms with van der Waals surface area (Å²) in [6.07, 6.45) is -2.81. The maximum absolute atomic E-state index is 12.8. The van der Waals surface area contributed by atoms with Crippen molar-refractivity contribution in [2.75, 3.05) is 31.1 Å². The molecule has 0 atom stereocenters. The number of pyridine rings is 1. The van der Waals surface area contributed by atoms with Gasteiger partial charge in [-0.05, 0) is 49.2 Å². The van der Waals surface area contributed by atoms with Crippen LogP contribution in [0.1, 0.15) is 27.9 Å². The average Bonchev–Trinajstić information content (AvgIpc) is 2.87. The summed E-state index contributed by atoms with van der Waals surface area (Å²) in [5, 5.41) is 0. The molecule has 0 saturated carbocycles. The third-order valence-corrected chi connectivity index (χ3v) is 5.09. The summed E-state index contributed by atoms with van der Waals surface area (Å²) < 4.78 is 39.0. The summed E-state index contributed by atoms with van der Waals surface area (Å²) in [4.78, 5) is 20.5. The Balaban J connectivity index is 1.69. The fourth-order valence-electron chi connectivity index (χ4n) is 3.13. The molecular formula is C19H19BrF3N3O. The fraction of sp³-hybridized carbons (Fsp3) is 0.368. The van der Waals surface area contributed by atoms with Crippen molar-refractivity contribution in [3.8, 4) is 0 Å². The number of carbonyl (C=O) groups excluding carboxylic acids is 1. The summed E-state index contributed by atoms with van der Waals surface area (Å²) >= 11 is 3.40. The number of rotatable bonds is 2. The Morgan fingerprint density at radius 1 is 1.11 bits per heavy atom. The number of hydrogen-bond donors (Lipinski definition) is 0. The Labute approximate surface area is 164 Å². The van der Waals surface area contributed by atoms with E-state index < -0.39 is 11.7 Å². The van der Waals surface area contributed by atoms with Crippen molar-refractivity contribution in [2.45, 2.75) is 19.5 Å². The minimum atomic E-state index is -4.39. The highest BCUT2D eigenvalue weighted by Crippen LogP contribution is 2.29. The summed E-state index contributed by atoms with van der Waals surface area (Å²) in [5.41, 5.74) is 0.808. The van der Waals surface area contributed by atoms with E-state index in [9.17, 15) is 18.0 Å². The number of amides is 1. The van der Waals surface area contributed by atoms with Crippen LogP contribution in [0.5, 0.6) is 0 Å². The van der Waals surface area contributed by atoms with Gasteiger partial charge in [0.05, 0.1) is 5.56 Å². The minimum Gasteiger partial charge on any atom is -0.355 e. The largest absolute Gasteiger partial charge is 0.417 e. The van der Waals surface area contributed by atoms with E-state index >= 15 is 0 Å². The monoisotopic (exact) mass is 441 g/mol. The van der Waals surface area contributed by atoms with Crippen LogP contribution in [-0.4, -0.2) is 42.0 Å². The lowest BCUT2D eigenvalue weighted by molar-refractivity contribution is -0.137. The number of benzene rings is 1. The third kappa shape index (κ3) is 4.61. The van der Waals surface area contributed by atoms with Gasteiger partial charge in [-0.15, -0.1) is 0 Å². The maximum atomic E-state index is 12.8. The van der Waals surface area contributed by atoms with E-state index in [1.165, 1.54) is 6.07 Å². The first-order valence-electron chi connectivity index (χ1n) is 8.59. The predicted octanol–water partition coefficient (Wildman–Crippen LogP) is 4.52. The van der Waals surface area contributed by atoms with Crippen LogP contribution in [0.4, 0.5) is 19.0 Å². The Morgan fingerprint density at radius 3 is 2.52 bits per heavy atom. The minimum absolute atomic E-state index is 0.0257. The predicted molar refractivity (Wildman–Crippen MR) is 101 cm³/mol. The maximum Gasteiger partial charge on any atom is 0.417 e. The zero-order chi connectivity index (χ0) is 19.6. The molecule has 2 aromatic rings. The number of halogens is 4. The van der Waals surface area contributed by atoms with Gasteiger partial charge in [0.15, 0.2) is 0 Å². The molecule has 1 aliphatic heterocycles. The Bertz CT molecular complexity index is 824. The van der Waals surface area contributed by atoms with Crippen molar-refractivity contribution in [3.05, 3.63) is 57.7 Å². The van der Waals surface area contributed by atoms with Gasteiger partial charge in [0, 0.05) is 42.4 Å². The summed E-state index contributed by atoms with van der Waals surface area (Å²) in [6.45, 7) is 4.16. The van der Waals surface area contributed by atoms with E-state index in [-0.39, 0.29) is 5.91 Å². The number of nitrogens with zero attached hydrogens (tertiary/aromatic N) is 3. The lowest BCUT2D eigenvalue weighted by Crippen LogP contribution is -2.35. The Kier molecular flexibility index (Phi) is 5.74. The molecule has 1 aromatic heterocycles. The van der Waals surface area contributed by atoms with E-state index in [0.717, 1.165) is 28.7 Å². The van der Waals surface area contributed by atoms with Gasteiger partial charge in [-0.2, -0.15) is 13.2 Å². The first kappa shape index (κ1) is 19.7. The topological polar surface area (TPSA) is 36.4 Å². The molecule has 0 bridgehead atoms. The van der Waals surface area contributed by atoms with E-state index in [4.69, 9.17) is 0 Å². The highest BCUT2D eigenvalue weighted by atomic mass is 79.9. The second kappa shape index (κ2) is 7.88. The van der Waals surface area contributed by atoms with Gasteiger partial charge in [0.25, 0.3) is 5.91 Å². The molecule has 27 heavy (non-hydrogen) atoms. The number of alkyl halides is 3. The molecular weight excluding hydrogens is 423 g/mol. The molecule has 1 fully saturated rings. The number of aryl methyl sites for hydroxylation is 1. The first-order valence-corrected chi connectivity index (χ1v) is 9.38. The lowest BCUT2D eigenvalue weighted by Gasteiger charge is -2.23. The molecule has 0 unspecified atom stereocenters. The van der Waals surface area contributed by atoms with Crippen molar-refractivity contribution in [2.24, 2.45) is 0 Å². The van der Waals surface area contributed by atoms with Crippen LogP contribution < -0.4 is 4.90 Å². The Morgan fingerprint density at radius 2 is 1.89 bits per heavy atom. The quantitative estimate of drug-likeness (QED) is 0.686. The smallest absolute Gasteiger partial charge is 0.355 e. The van der Waals surface area contributed by atoms with Gasteiger partial charge in [0.1, 0.15) is 5.82 Å². The zero-order valence-corrected chi connectivity index (χ0v) is 16.3. The summed E-state index contributed by atoms with van der Waals surface area (Å²) in [6, 6.07) is 7.99. The molecule has 0 aliphatic carbocycles. The zero-order valence-electron chi connectivity index (χ0n) is 14.8. The molecule has 4 nitrogen and oxygen atoms in total. The van der Waals surface area contributed by atoms with Gasteiger partial charge < -0.3 is 9.80 Å². The fourth-order valence-corrected chi connectivity index (χ4v) is 3.60. The van der Waals surface area contributed by atoms with Crippen LogP contribution in [-0.2, 0) is 6.18 Å². The second-order valence-electron chi connectivity index (χ2n) is 6.49. The number of anilines is 1. The lowest BCUT2D eigenvalue weighted by atomic mass is 10.1. The highest BCUT2D eigenvalue weighted by molar-refractivity contribution is 9.10. The molecule has 144 valence electrons. The van der Waals surface area contributed by atoms with Crippen molar-refractivity contribution in [1.29, 1.82) is 0 Å². The van der Waals surface area contributed by atoms with Gasteiger partial charge in [-0.3, -0.25) is 4.79 Å². The van der Waals surface area contributed by atoms with Crippen molar-refractivity contribution >= 4 is 27.7 Å². The van der Waals surface area contributed by atoms with Gasteiger partial charge in [0.2, 0.25) is 0 Å². The third-order valence-electron chi connectivity index (χ3n) is 4.60. The van der Waals surface area contributed by atoms with Crippen molar-refractivity contribution < 1.29 is 18.0 Å². The highest BCUT2D eigenvalue weighted by Gasteiger charge is 2.31. The molecule has 2 heterocycles. The first-order chi connectivity index (χ1) is 12.8. The number of carbonyl (C=O) groups is 1. The molecule has 1 amide bonds. The van der Waals surface area contributed by atoms with Crippen LogP contribution in [0.2, 0.25) is 0 Å². The van der Waals surface area contributed by atoms with E-state index in [0.29, 0.717) is 37.6 Å². The molecule has 0 spiro atoms. The Hall–Kier alpha value is -2.09. The molecule has 0 radical (unpaired) electrons. The molecule has 1 aliphatic rings. The molecule has 8 heteroatoms. The van der Waals surface area contributed by atoms with E-state index in [1.54, 1.807) is 4.90 Å². The van der Waals surface area contributed by atoms with Crippen LogP contribution >= 0.6 is 15.9 Å². The molecule has 0 N–H and O–H groups in total.